The van der Waals surface area contributed by atoms with Crippen molar-refractivity contribution >= 4 is 17.2 Å². The number of rotatable bonds is 7. The average Bonchev–Trinajstić information content (AvgIpc) is 2.86. The molecule has 0 fully saturated rings. The first kappa shape index (κ1) is 14.2. The van der Waals surface area contributed by atoms with Gasteiger partial charge in [-0.05, 0) is 24.3 Å². The van der Waals surface area contributed by atoms with E-state index in [0.29, 0.717) is 13.0 Å². The first-order valence-corrected chi connectivity index (χ1v) is 6.65. The third-order valence-corrected chi connectivity index (χ3v) is 3.57. The number of ether oxygens (including phenoxy) is 1. The fourth-order valence-corrected chi connectivity index (χ4v) is 2.38. The molecule has 2 unspecified atom stereocenters. The number of thiophene rings is 1. The molecule has 1 amide bonds. The van der Waals surface area contributed by atoms with Crippen molar-refractivity contribution in [2.75, 3.05) is 13.7 Å². The highest BCUT2D eigenvalue weighted by Crippen LogP contribution is 2.21. The molecule has 1 rings (SSSR count). The summed E-state index contributed by atoms with van der Waals surface area (Å²) in [4.78, 5) is 13.0. The third-order valence-electron chi connectivity index (χ3n) is 2.58. The van der Waals surface area contributed by atoms with Gasteiger partial charge in [-0.15, -0.1) is 11.3 Å². The van der Waals surface area contributed by atoms with Gasteiger partial charge in [0.1, 0.15) is 0 Å². The van der Waals surface area contributed by atoms with Crippen LogP contribution in [0, 0.1) is 0 Å². The van der Waals surface area contributed by atoms with Crippen LogP contribution in [0.4, 0.5) is 0 Å². The van der Waals surface area contributed by atoms with Crippen LogP contribution in [0.25, 0.3) is 0 Å². The number of hydrogen-bond donors (Lipinski definition) is 2. The quantitative estimate of drug-likeness (QED) is 0.780. The molecule has 4 nitrogen and oxygen atoms in total. The molecule has 0 aliphatic carbocycles. The van der Waals surface area contributed by atoms with Crippen LogP contribution in [0.5, 0.6) is 0 Å². The largest absolute Gasteiger partial charge is 0.385 e. The molecule has 0 aliphatic rings. The van der Waals surface area contributed by atoms with Gasteiger partial charge < -0.3 is 15.8 Å². The Morgan fingerprint density at radius 1 is 1.65 bits per heavy atom. The van der Waals surface area contributed by atoms with E-state index in [-0.39, 0.29) is 11.9 Å². The maximum atomic E-state index is 11.8. The average molecular weight is 256 g/mol. The second-order valence-corrected chi connectivity index (χ2v) is 4.85. The number of carbonyl (C=O) groups is 1. The number of nitrogens with one attached hydrogen (secondary N) is 1. The number of amides is 1. The summed E-state index contributed by atoms with van der Waals surface area (Å²) >= 11 is 1.65. The van der Waals surface area contributed by atoms with Gasteiger partial charge in [-0.3, -0.25) is 4.79 Å². The van der Waals surface area contributed by atoms with Crippen molar-refractivity contribution in [1.29, 1.82) is 0 Å². The zero-order valence-electron chi connectivity index (χ0n) is 10.3. The van der Waals surface area contributed by atoms with Gasteiger partial charge in [-0.1, -0.05) is 13.0 Å². The predicted molar refractivity (Wildman–Crippen MR) is 70.0 cm³/mol. The van der Waals surface area contributed by atoms with E-state index < -0.39 is 6.04 Å². The number of hydrogen-bond acceptors (Lipinski definition) is 4. The van der Waals surface area contributed by atoms with Crippen molar-refractivity contribution in [2.24, 2.45) is 5.73 Å². The maximum Gasteiger partial charge on any atom is 0.237 e. The zero-order chi connectivity index (χ0) is 12.7. The lowest BCUT2D eigenvalue weighted by Crippen LogP contribution is -2.42. The van der Waals surface area contributed by atoms with Crippen molar-refractivity contribution < 1.29 is 9.53 Å². The Morgan fingerprint density at radius 2 is 2.41 bits per heavy atom. The van der Waals surface area contributed by atoms with Gasteiger partial charge in [0.25, 0.3) is 0 Å². The topological polar surface area (TPSA) is 64.4 Å². The molecule has 0 aliphatic heterocycles. The standard InChI is InChI=1S/C12H20N2O2S/c1-3-10(11-5-4-8-17-11)14-12(15)9(13)6-7-16-2/h4-5,8-10H,3,6-7,13H2,1-2H3,(H,14,15). The van der Waals surface area contributed by atoms with E-state index in [0.717, 1.165) is 6.42 Å². The predicted octanol–water partition coefficient (Wildman–Crippen LogP) is 1.68. The van der Waals surface area contributed by atoms with Gasteiger partial charge in [0.15, 0.2) is 0 Å². The molecule has 1 aromatic rings. The van der Waals surface area contributed by atoms with Crippen molar-refractivity contribution in [3.05, 3.63) is 22.4 Å². The Bertz CT molecular complexity index is 327. The van der Waals surface area contributed by atoms with E-state index in [1.54, 1.807) is 18.4 Å². The summed E-state index contributed by atoms with van der Waals surface area (Å²) in [6, 6.07) is 3.58. The van der Waals surface area contributed by atoms with Gasteiger partial charge in [0, 0.05) is 18.6 Å². The summed E-state index contributed by atoms with van der Waals surface area (Å²) < 4.78 is 4.91. The second-order valence-electron chi connectivity index (χ2n) is 3.87. The maximum absolute atomic E-state index is 11.8. The van der Waals surface area contributed by atoms with E-state index in [1.165, 1.54) is 4.88 Å². The van der Waals surface area contributed by atoms with E-state index >= 15 is 0 Å². The summed E-state index contributed by atoms with van der Waals surface area (Å²) in [7, 11) is 1.60. The molecule has 0 aromatic carbocycles. The Kier molecular flexibility index (Phi) is 6.18. The highest BCUT2D eigenvalue weighted by atomic mass is 32.1. The summed E-state index contributed by atoms with van der Waals surface area (Å²) in [6.07, 6.45) is 1.41. The first-order valence-electron chi connectivity index (χ1n) is 5.77. The molecule has 1 aromatic heterocycles. The molecule has 2 atom stereocenters. The number of nitrogens with two attached hydrogens (primary N) is 1. The molecular weight excluding hydrogens is 236 g/mol. The van der Waals surface area contributed by atoms with Crippen LogP contribution in [0.2, 0.25) is 0 Å². The molecule has 0 radical (unpaired) electrons. The van der Waals surface area contributed by atoms with Crippen LogP contribution in [-0.2, 0) is 9.53 Å². The highest BCUT2D eigenvalue weighted by Gasteiger charge is 2.18. The fourth-order valence-electron chi connectivity index (χ4n) is 1.52. The summed E-state index contributed by atoms with van der Waals surface area (Å²) in [5.41, 5.74) is 5.77. The molecule has 1 heterocycles. The van der Waals surface area contributed by atoms with Gasteiger partial charge >= 0.3 is 0 Å². The second kappa shape index (κ2) is 7.42. The Hall–Kier alpha value is -0.910. The molecular formula is C12H20N2O2S. The van der Waals surface area contributed by atoms with Crippen LogP contribution < -0.4 is 11.1 Å². The van der Waals surface area contributed by atoms with Gasteiger partial charge in [-0.2, -0.15) is 0 Å². The molecule has 96 valence electrons. The molecule has 3 N–H and O–H groups in total. The Labute approximate surface area is 106 Å². The molecule has 0 spiro atoms. The lowest BCUT2D eigenvalue weighted by atomic mass is 10.1. The van der Waals surface area contributed by atoms with E-state index in [2.05, 4.69) is 5.32 Å². The minimum Gasteiger partial charge on any atom is -0.385 e. The van der Waals surface area contributed by atoms with Crippen LogP contribution in [0.3, 0.4) is 0 Å². The zero-order valence-corrected chi connectivity index (χ0v) is 11.1. The summed E-state index contributed by atoms with van der Waals surface area (Å²) in [5, 5.41) is 4.98. The lowest BCUT2D eigenvalue weighted by Gasteiger charge is -2.18. The normalized spacial score (nSPS) is 14.3. The minimum absolute atomic E-state index is 0.0658. The highest BCUT2D eigenvalue weighted by molar-refractivity contribution is 7.10. The van der Waals surface area contributed by atoms with Crippen LogP contribution in [0.1, 0.15) is 30.7 Å². The summed E-state index contributed by atoms with van der Waals surface area (Å²) in [6.45, 7) is 2.55. The first-order chi connectivity index (χ1) is 8.19. The van der Waals surface area contributed by atoms with Crippen LogP contribution in [-0.4, -0.2) is 25.7 Å². The summed E-state index contributed by atoms with van der Waals surface area (Å²) in [5.74, 6) is -0.109. The van der Waals surface area contributed by atoms with E-state index in [9.17, 15) is 4.79 Å². The Balaban J connectivity index is 2.48. The monoisotopic (exact) mass is 256 g/mol. The van der Waals surface area contributed by atoms with E-state index in [4.69, 9.17) is 10.5 Å². The van der Waals surface area contributed by atoms with Crippen LogP contribution >= 0.6 is 11.3 Å². The minimum atomic E-state index is -0.496. The lowest BCUT2D eigenvalue weighted by molar-refractivity contribution is -0.123. The Morgan fingerprint density at radius 3 is 2.94 bits per heavy atom. The van der Waals surface area contributed by atoms with E-state index in [1.807, 2.05) is 24.4 Å². The fraction of sp³-hybridized carbons (Fsp3) is 0.583. The molecule has 17 heavy (non-hydrogen) atoms. The molecule has 0 saturated carbocycles. The molecule has 0 bridgehead atoms. The smallest absolute Gasteiger partial charge is 0.237 e. The van der Waals surface area contributed by atoms with Crippen LogP contribution in [0.15, 0.2) is 17.5 Å². The molecule has 5 heteroatoms. The van der Waals surface area contributed by atoms with Gasteiger partial charge in [0.2, 0.25) is 5.91 Å². The number of methoxy groups -OCH3 is 1. The van der Waals surface area contributed by atoms with Crippen molar-refractivity contribution in [2.45, 2.75) is 31.8 Å². The SMILES string of the molecule is CCC(NC(=O)C(N)CCOC)c1cccs1. The van der Waals surface area contributed by atoms with Crippen molar-refractivity contribution in [3.63, 3.8) is 0 Å². The van der Waals surface area contributed by atoms with Crippen molar-refractivity contribution in [3.8, 4) is 0 Å². The van der Waals surface area contributed by atoms with Gasteiger partial charge in [0.05, 0.1) is 12.1 Å². The van der Waals surface area contributed by atoms with Gasteiger partial charge in [-0.25, -0.2) is 0 Å². The molecule has 0 saturated heterocycles. The number of carbonyl (C=O) groups excluding carboxylic acids is 1. The van der Waals surface area contributed by atoms with Crippen molar-refractivity contribution in [1.82, 2.24) is 5.32 Å². The third kappa shape index (κ3) is 4.46.